The molecule has 0 radical (unpaired) electrons. The lowest BCUT2D eigenvalue weighted by Crippen LogP contribution is -2.08. The Kier molecular flexibility index (Phi) is 7.12. The zero-order valence-electron chi connectivity index (χ0n) is 9.41. The first-order chi connectivity index (χ1) is 7.83. The molecule has 0 aromatic carbocycles. The number of ether oxygens (including phenoxy) is 2. The number of nitrogens with zero attached hydrogens (tertiary/aromatic N) is 1. The zero-order valence-corrected chi connectivity index (χ0v) is 11.0. The smallest absolute Gasteiger partial charge is 0.0700 e. The SMILES string of the molecule is COCCOCCCNc1cncc(Br)c1. The third kappa shape index (κ3) is 6.05. The quantitative estimate of drug-likeness (QED) is 0.746. The molecule has 1 aromatic heterocycles. The van der Waals surface area contributed by atoms with Gasteiger partial charge in [0.1, 0.15) is 0 Å². The van der Waals surface area contributed by atoms with Crippen LogP contribution in [-0.4, -0.2) is 38.5 Å². The van der Waals surface area contributed by atoms with Crippen LogP contribution in [0.4, 0.5) is 5.69 Å². The number of hydrogen-bond donors (Lipinski definition) is 1. The fraction of sp³-hybridized carbons (Fsp3) is 0.545. The molecule has 16 heavy (non-hydrogen) atoms. The largest absolute Gasteiger partial charge is 0.384 e. The molecule has 0 fully saturated rings. The van der Waals surface area contributed by atoms with Gasteiger partial charge >= 0.3 is 0 Å². The van der Waals surface area contributed by atoms with Crippen molar-refractivity contribution < 1.29 is 9.47 Å². The van der Waals surface area contributed by atoms with Gasteiger partial charge in [0, 0.05) is 30.9 Å². The van der Waals surface area contributed by atoms with Crippen molar-refractivity contribution in [2.75, 3.05) is 38.8 Å². The topological polar surface area (TPSA) is 43.4 Å². The standard InChI is InChI=1S/C11H17BrN2O2/c1-15-5-6-16-4-2-3-14-11-7-10(12)8-13-9-11/h7-9,14H,2-6H2,1H3. The van der Waals surface area contributed by atoms with Crippen LogP contribution >= 0.6 is 15.9 Å². The second-order valence-electron chi connectivity index (χ2n) is 3.28. The maximum absolute atomic E-state index is 5.35. The van der Waals surface area contributed by atoms with Crippen LogP contribution in [0, 0.1) is 0 Å². The van der Waals surface area contributed by atoms with Crippen LogP contribution in [0.1, 0.15) is 6.42 Å². The monoisotopic (exact) mass is 288 g/mol. The van der Waals surface area contributed by atoms with Crippen LogP contribution in [0.3, 0.4) is 0 Å². The van der Waals surface area contributed by atoms with Crippen molar-refractivity contribution in [3.05, 3.63) is 22.9 Å². The van der Waals surface area contributed by atoms with Crippen molar-refractivity contribution in [3.63, 3.8) is 0 Å². The Hall–Kier alpha value is -0.650. The molecule has 0 aliphatic carbocycles. The van der Waals surface area contributed by atoms with E-state index in [1.54, 1.807) is 19.5 Å². The summed E-state index contributed by atoms with van der Waals surface area (Å²) in [6, 6.07) is 2.00. The molecule has 0 saturated heterocycles. The van der Waals surface area contributed by atoms with Gasteiger partial charge in [-0.05, 0) is 28.4 Å². The van der Waals surface area contributed by atoms with Crippen LogP contribution in [0.5, 0.6) is 0 Å². The Morgan fingerprint density at radius 2 is 2.19 bits per heavy atom. The first-order valence-corrected chi connectivity index (χ1v) is 6.03. The molecule has 0 aliphatic heterocycles. The van der Waals surface area contributed by atoms with Crippen LogP contribution in [0.25, 0.3) is 0 Å². The summed E-state index contributed by atoms with van der Waals surface area (Å²) in [7, 11) is 1.67. The Labute approximate surface area is 104 Å². The van der Waals surface area contributed by atoms with E-state index in [9.17, 15) is 0 Å². The van der Waals surface area contributed by atoms with E-state index in [4.69, 9.17) is 9.47 Å². The lowest BCUT2D eigenvalue weighted by atomic mass is 10.4. The lowest BCUT2D eigenvalue weighted by molar-refractivity contribution is 0.0705. The van der Waals surface area contributed by atoms with Crippen molar-refractivity contribution in [1.82, 2.24) is 4.98 Å². The summed E-state index contributed by atoms with van der Waals surface area (Å²) in [5.74, 6) is 0. The average Bonchev–Trinajstić information content (AvgIpc) is 2.28. The van der Waals surface area contributed by atoms with Crippen molar-refractivity contribution in [2.24, 2.45) is 0 Å². The molecule has 0 unspecified atom stereocenters. The molecule has 90 valence electrons. The molecule has 4 nitrogen and oxygen atoms in total. The first kappa shape index (κ1) is 13.4. The number of pyridine rings is 1. The van der Waals surface area contributed by atoms with Gasteiger partial charge in [0.25, 0.3) is 0 Å². The van der Waals surface area contributed by atoms with Crippen LogP contribution in [0.15, 0.2) is 22.9 Å². The van der Waals surface area contributed by atoms with Crippen molar-refractivity contribution >= 4 is 21.6 Å². The van der Waals surface area contributed by atoms with E-state index in [2.05, 4.69) is 26.2 Å². The van der Waals surface area contributed by atoms with Gasteiger partial charge in [-0.1, -0.05) is 0 Å². The third-order valence-corrected chi connectivity index (χ3v) is 2.36. The average molecular weight is 289 g/mol. The predicted molar refractivity (Wildman–Crippen MR) is 67.7 cm³/mol. The highest BCUT2D eigenvalue weighted by Crippen LogP contribution is 2.13. The summed E-state index contributed by atoms with van der Waals surface area (Å²) >= 11 is 3.37. The van der Waals surface area contributed by atoms with Gasteiger partial charge in [-0.15, -0.1) is 0 Å². The van der Waals surface area contributed by atoms with E-state index in [0.29, 0.717) is 13.2 Å². The minimum Gasteiger partial charge on any atom is -0.384 e. The summed E-state index contributed by atoms with van der Waals surface area (Å²) in [4.78, 5) is 4.07. The highest BCUT2D eigenvalue weighted by atomic mass is 79.9. The maximum atomic E-state index is 5.35. The molecule has 1 rings (SSSR count). The summed E-state index contributed by atoms with van der Waals surface area (Å²) in [6.45, 7) is 2.95. The maximum Gasteiger partial charge on any atom is 0.0700 e. The molecule has 0 saturated carbocycles. The molecule has 0 atom stereocenters. The fourth-order valence-electron chi connectivity index (χ4n) is 1.16. The van der Waals surface area contributed by atoms with E-state index in [-0.39, 0.29) is 0 Å². The molecule has 1 heterocycles. The number of halogens is 1. The van der Waals surface area contributed by atoms with E-state index in [0.717, 1.165) is 29.7 Å². The van der Waals surface area contributed by atoms with E-state index in [1.807, 2.05) is 6.07 Å². The predicted octanol–water partition coefficient (Wildman–Crippen LogP) is 2.31. The Balaban J connectivity index is 2.03. The van der Waals surface area contributed by atoms with Crippen molar-refractivity contribution in [3.8, 4) is 0 Å². The highest BCUT2D eigenvalue weighted by Gasteiger charge is 1.94. The van der Waals surface area contributed by atoms with E-state index < -0.39 is 0 Å². The summed E-state index contributed by atoms with van der Waals surface area (Å²) in [5, 5.41) is 3.27. The van der Waals surface area contributed by atoms with Gasteiger partial charge in [-0.25, -0.2) is 0 Å². The van der Waals surface area contributed by atoms with Gasteiger partial charge in [-0.3, -0.25) is 4.98 Å². The molecule has 1 aromatic rings. The second-order valence-corrected chi connectivity index (χ2v) is 4.19. The van der Waals surface area contributed by atoms with Crippen molar-refractivity contribution in [2.45, 2.75) is 6.42 Å². The van der Waals surface area contributed by atoms with Gasteiger partial charge in [-0.2, -0.15) is 0 Å². The molecule has 0 bridgehead atoms. The minimum atomic E-state index is 0.656. The fourth-order valence-corrected chi connectivity index (χ4v) is 1.52. The van der Waals surface area contributed by atoms with Gasteiger partial charge in [0.15, 0.2) is 0 Å². The Morgan fingerprint density at radius 3 is 2.94 bits per heavy atom. The Morgan fingerprint density at radius 1 is 1.31 bits per heavy atom. The molecular formula is C11H17BrN2O2. The number of rotatable bonds is 8. The molecule has 0 spiro atoms. The number of anilines is 1. The van der Waals surface area contributed by atoms with Gasteiger partial charge in [0.2, 0.25) is 0 Å². The van der Waals surface area contributed by atoms with E-state index in [1.165, 1.54) is 0 Å². The van der Waals surface area contributed by atoms with Crippen LogP contribution < -0.4 is 5.32 Å². The number of hydrogen-bond acceptors (Lipinski definition) is 4. The number of aromatic nitrogens is 1. The normalized spacial score (nSPS) is 10.4. The minimum absolute atomic E-state index is 0.656. The van der Waals surface area contributed by atoms with Crippen LogP contribution in [-0.2, 0) is 9.47 Å². The van der Waals surface area contributed by atoms with Crippen LogP contribution in [0.2, 0.25) is 0 Å². The van der Waals surface area contributed by atoms with E-state index >= 15 is 0 Å². The lowest BCUT2D eigenvalue weighted by Gasteiger charge is -2.06. The van der Waals surface area contributed by atoms with Gasteiger partial charge < -0.3 is 14.8 Å². The number of nitrogens with one attached hydrogen (secondary N) is 1. The summed E-state index contributed by atoms with van der Waals surface area (Å²) in [6.07, 6.45) is 4.53. The Bertz CT molecular complexity index is 297. The number of methoxy groups -OCH3 is 1. The summed E-state index contributed by atoms with van der Waals surface area (Å²) < 4.78 is 11.2. The molecule has 5 heteroatoms. The summed E-state index contributed by atoms with van der Waals surface area (Å²) in [5.41, 5.74) is 1.02. The molecule has 1 N–H and O–H groups in total. The van der Waals surface area contributed by atoms with Crippen molar-refractivity contribution in [1.29, 1.82) is 0 Å². The first-order valence-electron chi connectivity index (χ1n) is 5.24. The zero-order chi connectivity index (χ0) is 11.6. The third-order valence-electron chi connectivity index (χ3n) is 1.93. The second kappa shape index (κ2) is 8.50. The molecular weight excluding hydrogens is 272 g/mol. The highest BCUT2D eigenvalue weighted by molar-refractivity contribution is 9.10. The molecule has 0 amide bonds. The molecule has 0 aliphatic rings. The van der Waals surface area contributed by atoms with Gasteiger partial charge in [0.05, 0.1) is 25.1 Å².